The SMILES string of the molecule is O=C(Nc1cc2ccccc2c(N=Nc2ccc(-c3nnc(-c4ccc(N=Nc5c(O)ccc6ccccc56)cc4)o3)cc2)c1O)c1cccc(OCC2CCCCC2)c1. The van der Waals surface area contributed by atoms with Gasteiger partial charge in [0, 0.05) is 27.5 Å². The van der Waals surface area contributed by atoms with Gasteiger partial charge in [-0.05, 0) is 108 Å². The average molecular weight is 794 g/mol. The number of rotatable bonds is 11. The first kappa shape index (κ1) is 37.8. The number of anilines is 1. The summed E-state index contributed by atoms with van der Waals surface area (Å²) in [5, 5.41) is 53.9. The third-order valence-corrected chi connectivity index (χ3v) is 10.6. The van der Waals surface area contributed by atoms with E-state index in [4.69, 9.17) is 9.15 Å². The molecule has 1 aliphatic carbocycles. The molecule has 1 saturated carbocycles. The molecule has 0 radical (unpaired) electrons. The fourth-order valence-corrected chi connectivity index (χ4v) is 7.37. The second-order valence-electron chi connectivity index (χ2n) is 14.7. The van der Waals surface area contributed by atoms with Crippen molar-refractivity contribution in [3.63, 3.8) is 0 Å². The lowest BCUT2D eigenvalue weighted by molar-refractivity contribution is 0.102. The van der Waals surface area contributed by atoms with E-state index in [1.54, 1.807) is 66.7 Å². The molecule has 296 valence electrons. The number of phenols is 2. The van der Waals surface area contributed by atoms with Gasteiger partial charge < -0.3 is 24.7 Å². The van der Waals surface area contributed by atoms with Crippen molar-refractivity contribution in [2.75, 3.05) is 11.9 Å². The van der Waals surface area contributed by atoms with Crippen LogP contribution in [0.3, 0.4) is 0 Å². The summed E-state index contributed by atoms with van der Waals surface area (Å²) >= 11 is 0. The van der Waals surface area contributed by atoms with E-state index in [9.17, 15) is 15.0 Å². The largest absolute Gasteiger partial charge is 0.506 e. The lowest BCUT2D eigenvalue weighted by Crippen LogP contribution is -2.16. The maximum Gasteiger partial charge on any atom is 0.255 e. The Labute approximate surface area is 345 Å². The summed E-state index contributed by atoms with van der Waals surface area (Å²) in [6.45, 7) is 0.638. The molecule has 1 fully saturated rings. The minimum absolute atomic E-state index is 0.0528. The van der Waals surface area contributed by atoms with E-state index < -0.39 is 0 Å². The molecular weight excluding hydrogens is 755 g/mol. The average Bonchev–Trinajstić information content (AvgIpc) is 3.79. The molecule has 0 atom stereocenters. The Kier molecular flexibility index (Phi) is 10.7. The molecule has 12 heteroatoms. The summed E-state index contributed by atoms with van der Waals surface area (Å²) in [4.78, 5) is 13.4. The number of hydrogen-bond acceptors (Lipinski definition) is 11. The second-order valence-corrected chi connectivity index (χ2v) is 14.7. The third-order valence-electron chi connectivity index (χ3n) is 10.6. The Bertz CT molecular complexity index is 2880. The minimum Gasteiger partial charge on any atom is -0.506 e. The fraction of sp³-hybridized carbons (Fsp3) is 0.146. The van der Waals surface area contributed by atoms with Gasteiger partial charge in [-0.3, -0.25) is 4.79 Å². The fourth-order valence-electron chi connectivity index (χ4n) is 7.37. The molecule has 0 saturated heterocycles. The molecule has 0 spiro atoms. The van der Waals surface area contributed by atoms with Crippen molar-refractivity contribution < 1.29 is 24.2 Å². The van der Waals surface area contributed by atoms with E-state index in [0.29, 0.717) is 69.2 Å². The zero-order valence-corrected chi connectivity index (χ0v) is 32.4. The Morgan fingerprint density at radius 1 is 0.650 bits per heavy atom. The van der Waals surface area contributed by atoms with Gasteiger partial charge in [0.25, 0.3) is 5.91 Å². The van der Waals surface area contributed by atoms with Gasteiger partial charge in [0.15, 0.2) is 5.75 Å². The van der Waals surface area contributed by atoms with Crippen LogP contribution in [0, 0.1) is 5.92 Å². The van der Waals surface area contributed by atoms with Crippen LogP contribution in [0.2, 0.25) is 0 Å². The van der Waals surface area contributed by atoms with E-state index in [2.05, 4.69) is 36.0 Å². The first-order chi connectivity index (χ1) is 29.4. The number of azo groups is 2. The predicted molar refractivity (Wildman–Crippen MR) is 231 cm³/mol. The van der Waals surface area contributed by atoms with E-state index in [1.165, 1.54) is 32.1 Å². The van der Waals surface area contributed by atoms with Crippen molar-refractivity contribution in [3.05, 3.63) is 145 Å². The van der Waals surface area contributed by atoms with Crippen LogP contribution >= 0.6 is 0 Å². The molecule has 1 heterocycles. The lowest BCUT2D eigenvalue weighted by Gasteiger charge is -2.21. The molecule has 9 rings (SSSR count). The van der Waals surface area contributed by atoms with Gasteiger partial charge in [-0.15, -0.1) is 20.4 Å². The first-order valence-corrected chi connectivity index (χ1v) is 19.8. The van der Waals surface area contributed by atoms with Gasteiger partial charge in [-0.2, -0.15) is 10.2 Å². The van der Waals surface area contributed by atoms with Gasteiger partial charge in [-0.1, -0.05) is 79.9 Å². The summed E-state index contributed by atoms with van der Waals surface area (Å²) in [6.07, 6.45) is 6.10. The van der Waals surface area contributed by atoms with Gasteiger partial charge in [0.1, 0.15) is 22.9 Å². The zero-order chi connectivity index (χ0) is 40.8. The first-order valence-electron chi connectivity index (χ1n) is 19.8. The van der Waals surface area contributed by atoms with Crippen molar-refractivity contribution in [3.8, 4) is 40.2 Å². The Morgan fingerprint density at radius 3 is 1.95 bits per heavy atom. The Hall–Kier alpha value is -7.73. The van der Waals surface area contributed by atoms with Crippen LogP contribution in [0.15, 0.2) is 164 Å². The van der Waals surface area contributed by atoms with Crippen LogP contribution < -0.4 is 10.1 Å². The van der Waals surface area contributed by atoms with Crippen molar-refractivity contribution >= 4 is 55.9 Å². The highest BCUT2D eigenvalue weighted by atomic mass is 16.5. The third kappa shape index (κ3) is 8.30. The number of carbonyl (C=O) groups excluding carboxylic acids is 1. The zero-order valence-electron chi connectivity index (χ0n) is 32.4. The number of fused-ring (bicyclic) bond motifs is 2. The topological polar surface area (TPSA) is 167 Å². The molecule has 0 unspecified atom stereocenters. The van der Waals surface area contributed by atoms with Crippen molar-refractivity contribution in [2.45, 2.75) is 32.1 Å². The summed E-state index contributed by atoms with van der Waals surface area (Å²) in [6, 6.07) is 41.7. The molecule has 1 aromatic heterocycles. The highest BCUT2D eigenvalue weighted by Crippen LogP contribution is 2.43. The second kappa shape index (κ2) is 17.0. The number of aromatic hydroxyl groups is 2. The van der Waals surface area contributed by atoms with Gasteiger partial charge in [0.05, 0.1) is 23.7 Å². The smallest absolute Gasteiger partial charge is 0.255 e. The summed E-state index contributed by atoms with van der Waals surface area (Å²) in [5.74, 6) is 1.29. The number of nitrogens with zero attached hydrogens (tertiary/aromatic N) is 6. The summed E-state index contributed by atoms with van der Waals surface area (Å²) < 4.78 is 12.1. The van der Waals surface area contributed by atoms with Crippen LogP contribution in [0.5, 0.6) is 17.2 Å². The van der Waals surface area contributed by atoms with E-state index in [-0.39, 0.29) is 28.8 Å². The van der Waals surface area contributed by atoms with E-state index in [1.807, 2.05) is 72.8 Å². The van der Waals surface area contributed by atoms with Crippen molar-refractivity contribution in [1.29, 1.82) is 0 Å². The summed E-state index contributed by atoms with van der Waals surface area (Å²) in [7, 11) is 0. The molecule has 1 amide bonds. The number of ether oxygens (including phenoxy) is 1. The number of nitrogens with one attached hydrogen (secondary N) is 1. The van der Waals surface area contributed by atoms with E-state index >= 15 is 0 Å². The van der Waals surface area contributed by atoms with E-state index in [0.717, 1.165) is 16.2 Å². The number of hydrogen-bond donors (Lipinski definition) is 3. The molecule has 12 nitrogen and oxygen atoms in total. The van der Waals surface area contributed by atoms with Crippen LogP contribution in [0.1, 0.15) is 42.5 Å². The molecule has 0 bridgehead atoms. The van der Waals surface area contributed by atoms with Crippen molar-refractivity contribution in [1.82, 2.24) is 10.2 Å². The Balaban J connectivity index is 0.877. The lowest BCUT2D eigenvalue weighted by atomic mass is 9.90. The predicted octanol–water partition coefficient (Wildman–Crippen LogP) is 13.2. The van der Waals surface area contributed by atoms with Crippen LogP contribution in [0.25, 0.3) is 44.5 Å². The molecule has 3 N–H and O–H groups in total. The molecule has 1 aliphatic rings. The number of carbonyl (C=O) groups is 1. The number of phenolic OH excluding ortho intramolecular Hbond substituents is 2. The minimum atomic E-state index is -0.385. The number of benzene rings is 7. The monoisotopic (exact) mass is 793 g/mol. The maximum absolute atomic E-state index is 13.4. The van der Waals surface area contributed by atoms with Crippen LogP contribution in [-0.2, 0) is 0 Å². The molecule has 7 aromatic carbocycles. The number of aromatic nitrogens is 2. The quantitative estimate of drug-likeness (QED) is 0.0865. The highest BCUT2D eigenvalue weighted by Gasteiger charge is 2.18. The van der Waals surface area contributed by atoms with Crippen molar-refractivity contribution in [2.24, 2.45) is 26.4 Å². The Morgan fingerprint density at radius 2 is 1.27 bits per heavy atom. The van der Waals surface area contributed by atoms with Gasteiger partial charge in [0.2, 0.25) is 11.8 Å². The number of amides is 1. The highest BCUT2D eigenvalue weighted by molar-refractivity contribution is 6.09. The maximum atomic E-state index is 13.4. The van der Waals surface area contributed by atoms with Gasteiger partial charge in [-0.25, -0.2) is 0 Å². The van der Waals surface area contributed by atoms with Crippen LogP contribution in [-0.4, -0.2) is 32.9 Å². The molecular formula is C48H39N7O5. The molecule has 60 heavy (non-hydrogen) atoms. The molecule has 8 aromatic rings. The summed E-state index contributed by atoms with van der Waals surface area (Å²) in [5.41, 5.74) is 3.73. The van der Waals surface area contributed by atoms with Crippen LogP contribution in [0.4, 0.5) is 28.4 Å². The molecule has 0 aliphatic heterocycles. The normalized spacial score (nSPS) is 13.4. The van der Waals surface area contributed by atoms with Gasteiger partial charge >= 0.3 is 0 Å². The standard InChI is InChI=1S/C48H39N7O5/c56-42-26-21-31-11-4-6-15-39(31)43(42)52-50-36-22-17-32(18-23-36)47-54-55-48(60-47)33-19-24-37(25-20-33)51-53-44-40-16-7-5-12-34(40)28-41(45(44)57)49-46(58)35-13-8-14-38(27-35)59-29-30-9-2-1-3-10-30/h4-8,11-28,30,56-57H,1-3,9-10,29H2,(H,49,58).